The molecule has 0 radical (unpaired) electrons. The number of hydrogen-bond acceptors (Lipinski definition) is 3. The van der Waals surface area contributed by atoms with Crippen LogP contribution in [0.15, 0.2) is 36.4 Å². The number of nitrogen functional groups attached to an aromatic ring is 1. The van der Waals surface area contributed by atoms with Gasteiger partial charge in [-0.25, -0.2) is 4.39 Å². The van der Waals surface area contributed by atoms with Crippen LogP contribution in [0.25, 0.3) is 0 Å². The van der Waals surface area contributed by atoms with Crippen molar-refractivity contribution < 1.29 is 14.6 Å². The highest BCUT2D eigenvalue weighted by Gasteiger charge is 2.17. The maximum atomic E-state index is 13.3. The van der Waals surface area contributed by atoms with Gasteiger partial charge in [0.15, 0.2) is 0 Å². The van der Waals surface area contributed by atoms with E-state index in [1.165, 1.54) is 0 Å². The molecule has 0 saturated carbocycles. The number of nitrogens with two attached hydrogens (primary N) is 1. The summed E-state index contributed by atoms with van der Waals surface area (Å²) in [7, 11) is 0. The second-order valence-corrected chi connectivity index (χ2v) is 4.43. The second-order valence-electron chi connectivity index (χ2n) is 4.43. The van der Waals surface area contributed by atoms with Crippen LogP contribution in [-0.2, 0) is 6.42 Å². The van der Waals surface area contributed by atoms with Crippen LogP contribution in [0.4, 0.5) is 10.1 Å². The molecule has 0 heterocycles. The van der Waals surface area contributed by atoms with E-state index >= 15 is 0 Å². The Balaban J connectivity index is 2.40. The number of hydrogen-bond donors (Lipinski definition) is 3. The summed E-state index contributed by atoms with van der Waals surface area (Å²) < 4.78 is 13.3. The minimum Gasteiger partial charge on any atom is -0.505 e. The molecule has 0 amide bonds. The van der Waals surface area contributed by atoms with Gasteiger partial charge in [-0.3, -0.25) is 0 Å². The molecule has 0 spiro atoms. The molecule has 2 aromatic rings. The molecule has 4 N–H and O–H groups in total. The summed E-state index contributed by atoms with van der Waals surface area (Å²) in [6.45, 7) is 2.03. The Morgan fingerprint density at radius 3 is 2.42 bits per heavy atom. The highest BCUT2D eigenvalue weighted by Crippen LogP contribution is 2.34. The number of aliphatic hydroxyl groups is 1. The highest BCUT2D eigenvalue weighted by atomic mass is 19.1. The van der Waals surface area contributed by atoms with Crippen molar-refractivity contribution in [1.29, 1.82) is 0 Å². The zero-order valence-corrected chi connectivity index (χ0v) is 10.6. The van der Waals surface area contributed by atoms with Crippen LogP contribution in [0.5, 0.6) is 5.75 Å². The topological polar surface area (TPSA) is 66.5 Å². The number of aliphatic hydroxyl groups excluding tert-OH is 1. The molecule has 0 fully saturated rings. The molecule has 19 heavy (non-hydrogen) atoms. The fourth-order valence-electron chi connectivity index (χ4n) is 1.97. The van der Waals surface area contributed by atoms with Crippen LogP contribution in [0.2, 0.25) is 0 Å². The minimum absolute atomic E-state index is 0.0711. The number of rotatable bonds is 3. The Kier molecular flexibility index (Phi) is 3.71. The van der Waals surface area contributed by atoms with Crippen molar-refractivity contribution in [3.8, 4) is 5.75 Å². The standard InChI is InChI=1S/C15H16FNO2/c1-2-9-3-5-10(6-4-9)14(18)12-7-11(16)8-13(17)15(12)19/h3-8,14,18-19H,2,17H2,1H3. The number of benzene rings is 2. The zero-order chi connectivity index (χ0) is 14.0. The average molecular weight is 261 g/mol. The van der Waals surface area contributed by atoms with Crippen molar-refractivity contribution in [1.82, 2.24) is 0 Å². The molecule has 2 rings (SSSR count). The number of phenols is 1. The molecule has 1 atom stereocenters. The summed E-state index contributed by atoms with van der Waals surface area (Å²) in [5.41, 5.74) is 7.19. The molecule has 0 bridgehead atoms. The van der Waals surface area contributed by atoms with Gasteiger partial charge < -0.3 is 15.9 Å². The monoisotopic (exact) mass is 261 g/mol. The Morgan fingerprint density at radius 2 is 1.84 bits per heavy atom. The van der Waals surface area contributed by atoms with E-state index < -0.39 is 11.9 Å². The molecular formula is C15H16FNO2. The quantitative estimate of drug-likeness (QED) is 0.588. The molecule has 0 aliphatic heterocycles. The maximum absolute atomic E-state index is 13.3. The van der Waals surface area contributed by atoms with E-state index in [1.54, 1.807) is 12.1 Å². The first-order valence-corrected chi connectivity index (χ1v) is 6.07. The van der Waals surface area contributed by atoms with Crippen LogP contribution < -0.4 is 5.73 Å². The van der Waals surface area contributed by atoms with Crippen LogP contribution >= 0.6 is 0 Å². The molecule has 0 aliphatic rings. The van der Waals surface area contributed by atoms with Crippen molar-refractivity contribution in [2.75, 3.05) is 5.73 Å². The minimum atomic E-state index is -1.11. The molecule has 1 unspecified atom stereocenters. The smallest absolute Gasteiger partial charge is 0.144 e. The lowest BCUT2D eigenvalue weighted by Gasteiger charge is -2.15. The number of aryl methyl sites for hydroxylation is 1. The third-order valence-electron chi connectivity index (χ3n) is 3.13. The van der Waals surface area contributed by atoms with E-state index in [-0.39, 0.29) is 17.0 Å². The number of aromatic hydroxyl groups is 1. The fourth-order valence-corrected chi connectivity index (χ4v) is 1.97. The lowest BCUT2D eigenvalue weighted by Crippen LogP contribution is -2.03. The lowest BCUT2D eigenvalue weighted by atomic mass is 9.98. The summed E-state index contributed by atoms with van der Waals surface area (Å²) in [6.07, 6.45) is -0.210. The Bertz CT molecular complexity index is 581. The van der Waals surface area contributed by atoms with Crippen molar-refractivity contribution in [2.24, 2.45) is 0 Å². The van der Waals surface area contributed by atoms with Crippen molar-refractivity contribution >= 4 is 5.69 Å². The van der Waals surface area contributed by atoms with E-state index in [1.807, 2.05) is 19.1 Å². The van der Waals surface area contributed by atoms with Crippen LogP contribution in [0.3, 0.4) is 0 Å². The Labute approximate surface area is 111 Å². The fraction of sp³-hybridized carbons (Fsp3) is 0.200. The molecule has 100 valence electrons. The van der Waals surface area contributed by atoms with E-state index in [0.717, 1.165) is 24.1 Å². The zero-order valence-electron chi connectivity index (χ0n) is 10.6. The van der Waals surface area contributed by atoms with Gasteiger partial charge in [0, 0.05) is 11.6 Å². The third kappa shape index (κ3) is 2.69. The third-order valence-corrected chi connectivity index (χ3v) is 3.13. The number of phenolic OH excluding ortho intramolecular Hbond substituents is 1. The van der Waals surface area contributed by atoms with E-state index in [4.69, 9.17) is 5.73 Å². The first kappa shape index (κ1) is 13.4. The van der Waals surface area contributed by atoms with Gasteiger partial charge in [-0.2, -0.15) is 0 Å². The summed E-state index contributed by atoms with van der Waals surface area (Å²) in [5, 5.41) is 20.0. The van der Waals surface area contributed by atoms with E-state index in [2.05, 4.69) is 0 Å². The summed E-state index contributed by atoms with van der Waals surface area (Å²) >= 11 is 0. The van der Waals surface area contributed by atoms with Gasteiger partial charge >= 0.3 is 0 Å². The van der Waals surface area contributed by atoms with Gasteiger partial charge in [0.05, 0.1) is 5.69 Å². The molecule has 3 nitrogen and oxygen atoms in total. The van der Waals surface area contributed by atoms with Gasteiger partial charge in [0.1, 0.15) is 17.7 Å². The predicted molar refractivity (Wildman–Crippen MR) is 72.4 cm³/mol. The Morgan fingerprint density at radius 1 is 1.21 bits per heavy atom. The SMILES string of the molecule is CCc1ccc(C(O)c2cc(F)cc(N)c2O)cc1. The van der Waals surface area contributed by atoms with Crippen molar-refractivity contribution in [3.05, 3.63) is 58.9 Å². The van der Waals surface area contributed by atoms with Crippen molar-refractivity contribution in [3.63, 3.8) is 0 Å². The molecule has 4 heteroatoms. The number of anilines is 1. The van der Waals surface area contributed by atoms with E-state index in [0.29, 0.717) is 5.56 Å². The maximum Gasteiger partial charge on any atom is 0.144 e. The largest absolute Gasteiger partial charge is 0.505 e. The van der Waals surface area contributed by atoms with Gasteiger partial charge in [0.25, 0.3) is 0 Å². The second kappa shape index (κ2) is 5.28. The molecule has 0 aliphatic carbocycles. The number of halogens is 1. The van der Waals surface area contributed by atoms with Gasteiger partial charge in [0.2, 0.25) is 0 Å². The van der Waals surface area contributed by atoms with Crippen LogP contribution in [-0.4, -0.2) is 10.2 Å². The van der Waals surface area contributed by atoms with E-state index in [9.17, 15) is 14.6 Å². The van der Waals surface area contributed by atoms with Gasteiger partial charge in [-0.15, -0.1) is 0 Å². The first-order chi connectivity index (χ1) is 9.02. The predicted octanol–water partition coefficient (Wildman–Crippen LogP) is 2.76. The summed E-state index contributed by atoms with van der Waals surface area (Å²) in [6, 6.07) is 9.39. The van der Waals surface area contributed by atoms with Crippen LogP contribution in [0, 0.1) is 5.82 Å². The first-order valence-electron chi connectivity index (χ1n) is 6.07. The highest BCUT2D eigenvalue weighted by molar-refractivity contribution is 5.58. The Hall–Kier alpha value is -2.07. The lowest BCUT2D eigenvalue weighted by molar-refractivity contribution is 0.215. The molecule has 2 aromatic carbocycles. The van der Waals surface area contributed by atoms with Gasteiger partial charge in [-0.1, -0.05) is 31.2 Å². The molecular weight excluding hydrogens is 245 g/mol. The molecule has 0 aromatic heterocycles. The summed E-state index contributed by atoms with van der Waals surface area (Å²) in [4.78, 5) is 0. The van der Waals surface area contributed by atoms with Crippen LogP contribution in [0.1, 0.15) is 29.7 Å². The average Bonchev–Trinajstić information content (AvgIpc) is 2.42. The summed E-state index contributed by atoms with van der Waals surface area (Å²) in [5.74, 6) is -0.872. The van der Waals surface area contributed by atoms with Gasteiger partial charge in [-0.05, 0) is 23.6 Å². The van der Waals surface area contributed by atoms with Crippen molar-refractivity contribution in [2.45, 2.75) is 19.4 Å². The normalized spacial score (nSPS) is 12.4. The molecule has 0 saturated heterocycles.